The average molecular weight is 309 g/mol. The van der Waals surface area contributed by atoms with Crippen LogP contribution in [0.25, 0.3) is 0 Å². The molecule has 8 nitrogen and oxygen atoms in total. The molecule has 2 unspecified atom stereocenters. The molecule has 0 saturated carbocycles. The van der Waals surface area contributed by atoms with Crippen LogP contribution in [0.15, 0.2) is 24.3 Å². The van der Waals surface area contributed by atoms with Crippen LogP contribution >= 0.6 is 0 Å². The van der Waals surface area contributed by atoms with Crippen molar-refractivity contribution in [3.8, 4) is 0 Å². The Labute approximate surface area is 127 Å². The summed E-state index contributed by atoms with van der Waals surface area (Å²) in [5.74, 6) is -1.03. The number of aliphatic hydroxyl groups is 1. The molecular weight excluding hydrogens is 290 g/mol. The van der Waals surface area contributed by atoms with Crippen LogP contribution in [0.3, 0.4) is 0 Å². The molecule has 5 N–H and O–H groups in total. The standard InChI is InChI=1S/C14H19N3O5/c1-8(15-12(19)9(2)16-14(21)22)13(20)17-11-5-3-10(7-18)4-6-11/h3-6,8-9,16,18H,7H2,1-2H3,(H,15,19)(H,17,20)(H,21,22). The van der Waals surface area contributed by atoms with Crippen molar-refractivity contribution in [1.29, 1.82) is 0 Å². The van der Waals surface area contributed by atoms with E-state index in [1.54, 1.807) is 24.3 Å². The van der Waals surface area contributed by atoms with Crippen molar-refractivity contribution in [2.24, 2.45) is 0 Å². The van der Waals surface area contributed by atoms with Gasteiger partial charge in [0.2, 0.25) is 11.8 Å². The number of carbonyl (C=O) groups is 3. The summed E-state index contributed by atoms with van der Waals surface area (Å²) in [7, 11) is 0. The van der Waals surface area contributed by atoms with Crippen molar-refractivity contribution in [1.82, 2.24) is 10.6 Å². The molecule has 0 bridgehead atoms. The minimum absolute atomic E-state index is 0.0881. The number of hydrogen-bond acceptors (Lipinski definition) is 4. The maximum atomic E-state index is 11.9. The number of rotatable bonds is 6. The van der Waals surface area contributed by atoms with Gasteiger partial charge in [0.15, 0.2) is 0 Å². The number of aliphatic hydroxyl groups excluding tert-OH is 1. The summed E-state index contributed by atoms with van der Waals surface area (Å²) in [6.07, 6.45) is -1.32. The quantitative estimate of drug-likeness (QED) is 0.515. The molecule has 22 heavy (non-hydrogen) atoms. The summed E-state index contributed by atoms with van der Waals surface area (Å²) in [6.45, 7) is 2.78. The van der Waals surface area contributed by atoms with E-state index in [0.29, 0.717) is 11.3 Å². The molecule has 0 spiro atoms. The molecule has 0 fully saturated rings. The van der Waals surface area contributed by atoms with E-state index in [1.807, 2.05) is 5.32 Å². The number of benzene rings is 1. The molecule has 8 heteroatoms. The zero-order chi connectivity index (χ0) is 16.7. The highest BCUT2D eigenvalue weighted by molar-refractivity contribution is 5.97. The van der Waals surface area contributed by atoms with Crippen LogP contribution in [0.2, 0.25) is 0 Å². The predicted octanol–water partition coefficient (Wildman–Crippen LogP) is 0.278. The smallest absolute Gasteiger partial charge is 0.405 e. The Morgan fingerprint density at radius 1 is 1.00 bits per heavy atom. The molecule has 0 aliphatic heterocycles. The highest BCUT2D eigenvalue weighted by Gasteiger charge is 2.20. The van der Waals surface area contributed by atoms with Crippen molar-refractivity contribution in [3.63, 3.8) is 0 Å². The van der Waals surface area contributed by atoms with Gasteiger partial charge >= 0.3 is 6.09 Å². The molecule has 0 aromatic heterocycles. The minimum Gasteiger partial charge on any atom is -0.465 e. The normalized spacial score (nSPS) is 12.9. The summed E-state index contributed by atoms with van der Waals surface area (Å²) in [5.41, 5.74) is 1.24. The fourth-order valence-electron chi connectivity index (χ4n) is 1.60. The first-order chi connectivity index (χ1) is 10.3. The Morgan fingerprint density at radius 3 is 2.05 bits per heavy atom. The molecule has 0 aliphatic carbocycles. The Hall–Kier alpha value is -2.61. The van der Waals surface area contributed by atoms with Gasteiger partial charge in [0.25, 0.3) is 0 Å². The lowest BCUT2D eigenvalue weighted by atomic mass is 10.2. The lowest BCUT2D eigenvalue weighted by molar-refractivity contribution is -0.127. The van der Waals surface area contributed by atoms with Gasteiger partial charge in [-0.3, -0.25) is 9.59 Å². The highest BCUT2D eigenvalue weighted by Crippen LogP contribution is 2.09. The third-order valence-electron chi connectivity index (χ3n) is 2.89. The fraction of sp³-hybridized carbons (Fsp3) is 0.357. The maximum absolute atomic E-state index is 11.9. The topological polar surface area (TPSA) is 128 Å². The minimum atomic E-state index is -1.32. The van der Waals surface area contributed by atoms with E-state index in [1.165, 1.54) is 13.8 Å². The summed E-state index contributed by atoms with van der Waals surface area (Å²) in [5, 5.41) is 24.5. The molecule has 0 radical (unpaired) electrons. The second kappa shape index (κ2) is 7.99. The van der Waals surface area contributed by atoms with Gasteiger partial charge in [-0.1, -0.05) is 12.1 Å². The van der Waals surface area contributed by atoms with E-state index in [0.717, 1.165) is 0 Å². The molecule has 0 aliphatic rings. The van der Waals surface area contributed by atoms with Crippen LogP contribution in [-0.4, -0.2) is 40.2 Å². The van der Waals surface area contributed by atoms with Gasteiger partial charge in [0.1, 0.15) is 12.1 Å². The van der Waals surface area contributed by atoms with E-state index < -0.39 is 30.0 Å². The van der Waals surface area contributed by atoms with Crippen molar-refractivity contribution < 1.29 is 24.6 Å². The Bertz CT molecular complexity index is 544. The Kier molecular flexibility index (Phi) is 6.33. The molecule has 120 valence electrons. The molecule has 1 aromatic carbocycles. The second-order valence-electron chi connectivity index (χ2n) is 4.75. The second-order valence-corrected chi connectivity index (χ2v) is 4.75. The van der Waals surface area contributed by atoms with E-state index >= 15 is 0 Å². The number of hydrogen-bond donors (Lipinski definition) is 5. The molecule has 1 aromatic rings. The summed E-state index contributed by atoms with van der Waals surface area (Å²) < 4.78 is 0. The molecular formula is C14H19N3O5. The van der Waals surface area contributed by atoms with Crippen LogP contribution in [-0.2, 0) is 16.2 Å². The SMILES string of the molecule is CC(NC(=O)O)C(=O)NC(C)C(=O)Nc1ccc(CO)cc1. The zero-order valence-electron chi connectivity index (χ0n) is 12.3. The van der Waals surface area contributed by atoms with Gasteiger partial charge in [-0.15, -0.1) is 0 Å². The molecule has 0 saturated heterocycles. The number of nitrogens with one attached hydrogen (secondary N) is 3. The third-order valence-corrected chi connectivity index (χ3v) is 2.89. The van der Waals surface area contributed by atoms with Crippen LogP contribution in [0.4, 0.5) is 10.5 Å². The van der Waals surface area contributed by atoms with E-state index in [4.69, 9.17) is 10.2 Å². The predicted molar refractivity (Wildman–Crippen MR) is 79.2 cm³/mol. The van der Waals surface area contributed by atoms with Crippen molar-refractivity contribution in [2.75, 3.05) is 5.32 Å². The summed E-state index contributed by atoms with van der Waals surface area (Å²) in [6, 6.07) is 4.80. The molecule has 2 atom stereocenters. The van der Waals surface area contributed by atoms with Gasteiger partial charge in [-0.25, -0.2) is 4.79 Å². The van der Waals surface area contributed by atoms with Gasteiger partial charge < -0.3 is 26.2 Å². The number of amides is 3. The number of anilines is 1. The summed E-state index contributed by atoms with van der Waals surface area (Å²) >= 11 is 0. The fourth-order valence-corrected chi connectivity index (χ4v) is 1.60. The lowest BCUT2D eigenvalue weighted by Crippen LogP contribution is -2.50. The number of carbonyl (C=O) groups excluding carboxylic acids is 2. The van der Waals surface area contributed by atoms with Crippen LogP contribution in [0.1, 0.15) is 19.4 Å². The zero-order valence-corrected chi connectivity index (χ0v) is 12.3. The third kappa shape index (κ3) is 5.41. The number of carboxylic acid groups (broad SMARTS) is 1. The highest BCUT2D eigenvalue weighted by atomic mass is 16.4. The monoisotopic (exact) mass is 309 g/mol. The largest absolute Gasteiger partial charge is 0.465 e. The van der Waals surface area contributed by atoms with Crippen molar-refractivity contribution in [3.05, 3.63) is 29.8 Å². The average Bonchev–Trinajstić information content (AvgIpc) is 2.47. The van der Waals surface area contributed by atoms with Gasteiger partial charge in [0, 0.05) is 5.69 Å². The van der Waals surface area contributed by atoms with E-state index in [9.17, 15) is 14.4 Å². The summed E-state index contributed by atoms with van der Waals surface area (Å²) in [4.78, 5) is 34.1. The molecule has 0 heterocycles. The Balaban J connectivity index is 2.53. The van der Waals surface area contributed by atoms with E-state index in [2.05, 4.69) is 10.6 Å². The van der Waals surface area contributed by atoms with Crippen LogP contribution in [0.5, 0.6) is 0 Å². The van der Waals surface area contributed by atoms with Gasteiger partial charge in [-0.2, -0.15) is 0 Å². The first-order valence-corrected chi connectivity index (χ1v) is 6.64. The first kappa shape index (κ1) is 17.4. The van der Waals surface area contributed by atoms with Crippen molar-refractivity contribution >= 4 is 23.6 Å². The van der Waals surface area contributed by atoms with Crippen LogP contribution in [0, 0.1) is 0 Å². The van der Waals surface area contributed by atoms with Crippen LogP contribution < -0.4 is 16.0 Å². The maximum Gasteiger partial charge on any atom is 0.405 e. The van der Waals surface area contributed by atoms with Gasteiger partial charge in [-0.05, 0) is 31.5 Å². The molecule has 1 rings (SSSR count). The first-order valence-electron chi connectivity index (χ1n) is 6.64. The lowest BCUT2D eigenvalue weighted by Gasteiger charge is -2.17. The van der Waals surface area contributed by atoms with Gasteiger partial charge in [0.05, 0.1) is 6.61 Å². The van der Waals surface area contributed by atoms with E-state index in [-0.39, 0.29) is 6.61 Å². The molecule has 3 amide bonds. The van der Waals surface area contributed by atoms with Crippen molar-refractivity contribution in [2.45, 2.75) is 32.5 Å². The Morgan fingerprint density at radius 2 is 1.55 bits per heavy atom.